The van der Waals surface area contributed by atoms with Gasteiger partial charge in [0.1, 0.15) is 0 Å². The number of para-hydroxylation sites is 2. The Bertz CT molecular complexity index is 529. The Morgan fingerprint density at radius 2 is 1.95 bits per heavy atom. The summed E-state index contributed by atoms with van der Waals surface area (Å²) in [7, 11) is 3.15. The molecule has 1 N–H and O–H groups in total. The van der Waals surface area contributed by atoms with Gasteiger partial charge in [-0.25, -0.2) is 0 Å². The van der Waals surface area contributed by atoms with Crippen LogP contribution in [-0.4, -0.2) is 50.1 Å². The van der Waals surface area contributed by atoms with E-state index in [9.17, 15) is 9.59 Å². The molecule has 6 heteroatoms. The third-order valence-electron chi connectivity index (χ3n) is 3.59. The van der Waals surface area contributed by atoms with Crippen LogP contribution in [0.1, 0.15) is 19.3 Å². The summed E-state index contributed by atoms with van der Waals surface area (Å²) >= 11 is 0. The van der Waals surface area contributed by atoms with E-state index < -0.39 is 0 Å². The first kappa shape index (κ1) is 16.1. The van der Waals surface area contributed by atoms with Crippen molar-refractivity contribution in [2.45, 2.75) is 25.3 Å². The molecule has 1 aromatic carbocycles. The minimum atomic E-state index is -0.0997. The van der Waals surface area contributed by atoms with Gasteiger partial charge in [-0.15, -0.1) is 0 Å². The summed E-state index contributed by atoms with van der Waals surface area (Å²) in [6.07, 6.45) is 2.30. The van der Waals surface area contributed by atoms with Gasteiger partial charge >= 0.3 is 0 Å². The number of hydrogen-bond acceptors (Lipinski definition) is 4. The van der Waals surface area contributed by atoms with Gasteiger partial charge in [-0.1, -0.05) is 12.1 Å². The third-order valence-corrected chi connectivity index (χ3v) is 3.59. The van der Waals surface area contributed by atoms with E-state index in [1.165, 1.54) is 0 Å². The molecule has 1 aliphatic carbocycles. The minimum absolute atomic E-state index is 0.0510. The molecule has 0 saturated heterocycles. The molecule has 1 saturated carbocycles. The van der Waals surface area contributed by atoms with Crippen molar-refractivity contribution in [1.29, 1.82) is 0 Å². The number of rotatable bonds is 8. The van der Waals surface area contributed by atoms with E-state index in [1.54, 1.807) is 31.2 Å². The van der Waals surface area contributed by atoms with Gasteiger partial charge in [-0.05, 0) is 25.0 Å². The SMILES string of the molecule is CNC(=O)CCN(C(=O)COc1ccccc1OC)C1CC1. The quantitative estimate of drug-likeness (QED) is 0.783. The Kier molecular flexibility index (Phi) is 5.63. The molecule has 1 fully saturated rings. The molecule has 0 heterocycles. The maximum Gasteiger partial charge on any atom is 0.260 e. The molecule has 120 valence electrons. The Balaban J connectivity index is 1.89. The number of carbonyl (C=O) groups is 2. The minimum Gasteiger partial charge on any atom is -0.493 e. The summed E-state index contributed by atoms with van der Waals surface area (Å²) in [4.78, 5) is 25.4. The maximum absolute atomic E-state index is 12.3. The average Bonchev–Trinajstić information content (AvgIpc) is 3.37. The van der Waals surface area contributed by atoms with Gasteiger partial charge in [0, 0.05) is 26.1 Å². The van der Waals surface area contributed by atoms with E-state index in [1.807, 2.05) is 12.1 Å². The first-order valence-corrected chi connectivity index (χ1v) is 7.41. The van der Waals surface area contributed by atoms with Crippen LogP contribution < -0.4 is 14.8 Å². The van der Waals surface area contributed by atoms with E-state index in [0.717, 1.165) is 12.8 Å². The number of methoxy groups -OCH3 is 1. The number of amides is 2. The highest BCUT2D eigenvalue weighted by atomic mass is 16.5. The molecule has 0 radical (unpaired) electrons. The number of benzene rings is 1. The van der Waals surface area contributed by atoms with E-state index in [4.69, 9.17) is 9.47 Å². The molecule has 22 heavy (non-hydrogen) atoms. The number of carbonyl (C=O) groups excluding carboxylic acids is 2. The van der Waals surface area contributed by atoms with E-state index in [0.29, 0.717) is 24.5 Å². The molecular formula is C16H22N2O4. The van der Waals surface area contributed by atoms with Crippen molar-refractivity contribution in [3.05, 3.63) is 24.3 Å². The molecule has 0 aromatic heterocycles. The summed E-state index contributed by atoms with van der Waals surface area (Å²) in [5.74, 6) is 0.973. The lowest BCUT2D eigenvalue weighted by Crippen LogP contribution is -2.39. The molecular weight excluding hydrogens is 284 g/mol. The zero-order valence-corrected chi connectivity index (χ0v) is 13.0. The summed E-state index contributed by atoms with van der Waals surface area (Å²) in [5.41, 5.74) is 0. The van der Waals surface area contributed by atoms with Crippen molar-refractivity contribution < 1.29 is 19.1 Å². The van der Waals surface area contributed by atoms with Crippen LogP contribution in [0, 0.1) is 0 Å². The van der Waals surface area contributed by atoms with Crippen molar-refractivity contribution in [3.8, 4) is 11.5 Å². The first-order valence-electron chi connectivity index (χ1n) is 7.41. The molecule has 0 atom stereocenters. The Hall–Kier alpha value is -2.24. The Morgan fingerprint density at radius 3 is 2.55 bits per heavy atom. The predicted octanol–water partition coefficient (Wildman–Crippen LogP) is 1.20. The lowest BCUT2D eigenvalue weighted by Gasteiger charge is -2.22. The fourth-order valence-corrected chi connectivity index (χ4v) is 2.20. The highest BCUT2D eigenvalue weighted by Gasteiger charge is 2.32. The average molecular weight is 306 g/mol. The molecule has 2 rings (SSSR count). The van der Waals surface area contributed by atoms with E-state index in [-0.39, 0.29) is 24.5 Å². The van der Waals surface area contributed by atoms with Crippen molar-refractivity contribution in [2.75, 3.05) is 27.3 Å². The van der Waals surface area contributed by atoms with Crippen LogP contribution >= 0.6 is 0 Å². The van der Waals surface area contributed by atoms with Gasteiger partial charge in [-0.3, -0.25) is 9.59 Å². The van der Waals surface area contributed by atoms with Gasteiger partial charge in [0.05, 0.1) is 7.11 Å². The van der Waals surface area contributed by atoms with Crippen LogP contribution in [0.15, 0.2) is 24.3 Å². The summed E-state index contributed by atoms with van der Waals surface area (Å²) < 4.78 is 10.8. The second-order valence-electron chi connectivity index (χ2n) is 5.18. The van der Waals surface area contributed by atoms with Crippen LogP contribution in [0.3, 0.4) is 0 Å². The van der Waals surface area contributed by atoms with Gasteiger partial charge in [0.15, 0.2) is 18.1 Å². The van der Waals surface area contributed by atoms with E-state index >= 15 is 0 Å². The molecule has 1 aliphatic rings. The predicted molar refractivity (Wildman–Crippen MR) is 81.9 cm³/mol. The number of nitrogens with one attached hydrogen (secondary N) is 1. The molecule has 0 unspecified atom stereocenters. The maximum atomic E-state index is 12.3. The van der Waals surface area contributed by atoms with Crippen molar-refractivity contribution in [3.63, 3.8) is 0 Å². The number of ether oxygens (including phenoxy) is 2. The molecule has 1 aromatic rings. The lowest BCUT2D eigenvalue weighted by atomic mass is 10.3. The number of nitrogens with zero attached hydrogens (tertiary/aromatic N) is 1. The molecule has 0 aliphatic heterocycles. The fraction of sp³-hybridized carbons (Fsp3) is 0.500. The van der Waals surface area contributed by atoms with Crippen molar-refractivity contribution >= 4 is 11.8 Å². The number of hydrogen-bond donors (Lipinski definition) is 1. The fourth-order valence-electron chi connectivity index (χ4n) is 2.20. The zero-order chi connectivity index (χ0) is 15.9. The third kappa shape index (κ3) is 4.38. The monoisotopic (exact) mass is 306 g/mol. The highest BCUT2D eigenvalue weighted by molar-refractivity contribution is 5.80. The van der Waals surface area contributed by atoms with Crippen LogP contribution in [-0.2, 0) is 9.59 Å². The van der Waals surface area contributed by atoms with E-state index in [2.05, 4.69) is 5.32 Å². The second-order valence-corrected chi connectivity index (χ2v) is 5.18. The second kappa shape index (κ2) is 7.68. The molecule has 2 amide bonds. The van der Waals surface area contributed by atoms with Crippen molar-refractivity contribution in [2.24, 2.45) is 0 Å². The topological polar surface area (TPSA) is 67.9 Å². The Labute approximate surface area is 130 Å². The van der Waals surface area contributed by atoms with Gasteiger partial charge in [-0.2, -0.15) is 0 Å². The molecule has 0 bridgehead atoms. The Morgan fingerprint density at radius 1 is 1.27 bits per heavy atom. The first-order chi connectivity index (χ1) is 10.7. The molecule has 6 nitrogen and oxygen atoms in total. The van der Waals surface area contributed by atoms with Crippen LogP contribution in [0.2, 0.25) is 0 Å². The molecule has 0 spiro atoms. The van der Waals surface area contributed by atoms with Crippen molar-refractivity contribution in [1.82, 2.24) is 10.2 Å². The van der Waals surface area contributed by atoms with Crippen LogP contribution in [0.5, 0.6) is 11.5 Å². The van der Waals surface area contributed by atoms with Gasteiger partial charge in [0.2, 0.25) is 5.91 Å². The van der Waals surface area contributed by atoms with Gasteiger partial charge in [0.25, 0.3) is 5.91 Å². The van der Waals surface area contributed by atoms with Crippen LogP contribution in [0.25, 0.3) is 0 Å². The zero-order valence-electron chi connectivity index (χ0n) is 13.0. The summed E-state index contributed by atoms with van der Waals surface area (Å²) in [6, 6.07) is 7.46. The lowest BCUT2D eigenvalue weighted by molar-refractivity contribution is -0.134. The summed E-state index contributed by atoms with van der Waals surface area (Å²) in [5, 5.41) is 2.57. The largest absolute Gasteiger partial charge is 0.493 e. The summed E-state index contributed by atoms with van der Waals surface area (Å²) in [6.45, 7) is 0.378. The van der Waals surface area contributed by atoms with Crippen LogP contribution in [0.4, 0.5) is 0 Å². The highest BCUT2D eigenvalue weighted by Crippen LogP contribution is 2.28. The standard InChI is InChI=1S/C16H22N2O4/c1-17-15(19)9-10-18(12-7-8-12)16(20)11-22-14-6-4-3-5-13(14)21-2/h3-6,12H,7-11H2,1-2H3,(H,17,19). The van der Waals surface area contributed by atoms with Gasteiger partial charge < -0.3 is 19.7 Å². The normalized spacial score (nSPS) is 13.4. The smallest absolute Gasteiger partial charge is 0.260 e.